The lowest BCUT2D eigenvalue weighted by molar-refractivity contribution is 0.202. The summed E-state index contributed by atoms with van der Waals surface area (Å²) < 4.78 is 0.657. The number of nitrogens with two attached hydrogens (primary N) is 1. The minimum Gasteiger partial charge on any atom is -0.381 e. The fourth-order valence-corrected chi connectivity index (χ4v) is 3.39. The molecular formula is C18H28BrN5. The van der Waals surface area contributed by atoms with Gasteiger partial charge in [-0.2, -0.15) is 0 Å². The topological polar surface area (TPSA) is 67.1 Å². The standard InChI is InChI=1S/C18H28BrN5/c1-3-9-24(10-4-2)13-14-5-6-15(21-11-14)7-8-16-18(20)22-12-17(19)23-16/h12,14-15,21H,3-6,9-11,13H2,1-2H3,(H2,20,22). The van der Waals surface area contributed by atoms with E-state index in [4.69, 9.17) is 5.73 Å². The van der Waals surface area contributed by atoms with Gasteiger partial charge in [0.2, 0.25) is 0 Å². The average Bonchev–Trinajstić information content (AvgIpc) is 2.57. The van der Waals surface area contributed by atoms with E-state index in [1.807, 2.05) is 0 Å². The smallest absolute Gasteiger partial charge is 0.158 e. The van der Waals surface area contributed by atoms with Crippen LogP contribution in [-0.4, -0.2) is 47.1 Å². The molecule has 0 saturated carbocycles. The van der Waals surface area contributed by atoms with Gasteiger partial charge in [-0.25, -0.2) is 9.97 Å². The Hall–Kier alpha value is -1.16. The van der Waals surface area contributed by atoms with Crippen LogP contribution in [0.1, 0.15) is 45.2 Å². The third-order valence-electron chi connectivity index (χ3n) is 4.25. The lowest BCUT2D eigenvalue weighted by atomic mass is 9.94. The van der Waals surface area contributed by atoms with E-state index in [0.29, 0.717) is 16.1 Å². The summed E-state index contributed by atoms with van der Waals surface area (Å²) in [5.74, 6) is 7.42. The van der Waals surface area contributed by atoms with Gasteiger partial charge in [0, 0.05) is 13.1 Å². The normalized spacial score (nSPS) is 20.7. The molecule has 1 aliphatic heterocycles. The number of halogens is 1. The quantitative estimate of drug-likeness (QED) is 0.727. The molecule has 0 radical (unpaired) electrons. The van der Waals surface area contributed by atoms with E-state index in [9.17, 15) is 0 Å². The van der Waals surface area contributed by atoms with Crippen molar-refractivity contribution in [3.63, 3.8) is 0 Å². The number of aromatic nitrogens is 2. The zero-order chi connectivity index (χ0) is 17.4. The molecule has 3 N–H and O–H groups in total. The molecule has 0 spiro atoms. The third-order valence-corrected chi connectivity index (χ3v) is 4.63. The Balaban J connectivity index is 1.85. The number of nitrogen functional groups attached to an aromatic ring is 1. The summed E-state index contributed by atoms with van der Waals surface area (Å²) in [6, 6.07) is 0.215. The van der Waals surface area contributed by atoms with Crippen molar-refractivity contribution < 1.29 is 0 Å². The number of anilines is 1. The fraction of sp³-hybridized carbons (Fsp3) is 0.667. The van der Waals surface area contributed by atoms with Crippen LogP contribution in [0.2, 0.25) is 0 Å². The van der Waals surface area contributed by atoms with Crippen molar-refractivity contribution >= 4 is 21.7 Å². The van der Waals surface area contributed by atoms with Crippen LogP contribution in [0, 0.1) is 17.8 Å². The summed E-state index contributed by atoms with van der Waals surface area (Å²) in [6.07, 6.45) is 6.33. The summed E-state index contributed by atoms with van der Waals surface area (Å²) in [4.78, 5) is 10.9. The van der Waals surface area contributed by atoms with E-state index >= 15 is 0 Å². The molecule has 2 unspecified atom stereocenters. The molecule has 1 aromatic heterocycles. The molecule has 24 heavy (non-hydrogen) atoms. The predicted octanol–water partition coefficient (Wildman–Crippen LogP) is 2.66. The summed E-state index contributed by atoms with van der Waals surface area (Å²) in [5, 5.41) is 3.56. The molecule has 0 bridgehead atoms. The maximum absolute atomic E-state index is 5.82. The molecular weight excluding hydrogens is 366 g/mol. The molecule has 0 aliphatic carbocycles. The first-order chi connectivity index (χ1) is 11.6. The van der Waals surface area contributed by atoms with Crippen molar-refractivity contribution in [2.45, 2.75) is 45.6 Å². The van der Waals surface area contributed by atoms with Gasteiger partial charge >= 0.3 is 0 Å². The Morgan fingerprint density at radius 2 is 2.08 bits per heavy atom. The first kappa shape index (κ1) is 19.2. The van der Waals surface area contributed by atoms with Crippen LogP contribution in [0.15, 0.2) is 10.8 Å². The highest BCUT2D eigenvalue weighted by Crippen LogP contribution is 2.16. The van der Waals surface area contributed by atoms with Crippen molar-refractivity contribution in [3.8, 4) is 11.8 Å². The van der Waals surface area contributed by atoms with Gasteiger partial charge < -0.3 is 16.0 Å². The lowest BCUT2D eigenvalue weighted by Gasteiger charge is -2.32. The van der Waals surface area contributed by atoms with Gasteiger partial charge in [-0.1, -0.05) is 19.8 Å². The average molecular weight is 394 g/mol. The molecule has 1 aromatic rings. The minimum absolute atomic E-state index is 0.215. The number of nitrogens with one attached hydrogen (secondary N) is 1. The molecule has 0 amide bonds. The van der Waals surface area contributed by atoms with Crippen molar-refractivity contribution in [3.05, 3.63) is 16.5 Å². The molecule has 132 valence electrons. The van der Waals surface area contributed by atoms with E-state index in [-0.39, 0.29) is 6.04 Å². The maximum Gasteiger partial charge on any atom is 0.158 e. The van der Waals surface area contributed by atoms with E-state index in [2.05, 4.69) is 61.8 Å². The van der Waals surface area contributed by atoms with Crippen LogP contribution in [0.5, 0.6) is 0 Å². The van der Waals surface area contributed by atoms with Crippen LogP contribution in [-0.2, 0) is 0 Å². The Morgan fingerprint density at radius 3 is 2.71 bits per heavy atom. The second kappa shape index (κ2) is 9.97. The van der Waals surface area contributed by atoms with E-state index in [1.54, 1.807) is 6.20 Å². The summed E-state index contributed by atoms with van der Waals surface area (Å²) in [7, 11) is 0. The molecule has 2 heterocycles. The third kappa shape index (κ3) is 6.04. The summed E-state index contributed by atoms with van der Waals surface area (Å²) >= 11 is 3.30. The molecule has 0 aromatic carbocycles. The first-order valence-electron chi connectivity index (χ1n) is 8.87. The minimum atomic E-state index is 0.215. The van der Waals surface area contributed by atoms with Gasteiger partial charge in [0.1, 0.15) is 4.60 Å². The summed E-state index contributed by atoms with van der Waals surface area (Å²) in [6.45, 7) is 9.14. The molecule has 6 heteroatoms. The first-order valence-corrected chi connectivity index (χ1v) is 9.67. The highest BCUT2D eigenvalue weighted by atomic mass is 79.9. The number of nitrogens with zero attached hydrogens (tertiary/aromatic N) is 3. The molecule has 5 nitrogen and oxygen atoms in total. The molecule has 2 atom stereocenters. The molecule has 1 aliphatic rings. The Labute approximate surface area is 153 Å². The number of hydrogen-bond acceptors (Lipinski definition) is 5. The monoisotopic (exact) mass is 393 g/mol. The van der Waals surface area contributed by atoms with Crippen molar-refractivity contribution in [1.82, 2.24) is 20.2 Å². The second-order valence-corrected chi connectivity index (χ2v) is 7.21. The summed E-state index contributed by atoms with van der Waals surface area (Å²) in [5.41, 5.74) is 6.36. The van der Waals surface area contributed by atoms with Gasteiger partial charge in [-0.3, -0.25) is 0 Å². The second-order valence-electron chi connectivity index (χ2n) is 6.40. The van der Waals surface area contributed by atoms with Crippen molar-refractivity contribution in [2.24, 2.45) is 5.92 Å². The van der Waals surface area contributed by atoms with Crippen LogP contribution < -0.4 is 11.1 Å². The van der Waals surface area contributed by atoms with Crippen molar-refractivity contribution in [1.29, 1.82) is 0 Å². The number of piperidine rings is 1. The fourth-order valence-electron chi connectivity index (χ4n) is 3.11. The van der Waals surface area contributed by atoms with Crippen LogP contribution >= 0.6 is 15.9 Å². The Kier molecular flexibility index (Phi) is 7.97. The molecule has 2 rings (SSSR count). The number of hydrogen-bond donors (Lipinski definition) is 2. The highest BCUT2D eigenvalue weighted by Gasteiger charge is 2.21. The lowest BCUT2D eigenvalue weighted by Crippen LogP contribution is -2.43. The van der Waals surface area contributed by atoms with E-state index < -0.39 is 0 Å². The largest absolute Gasteiger partial charge is 0.381 e. The zero-order valence-corrected chi connectivity index (χ0v) is 16.3. The van der Waals surface area contributed by atoms with Crippen LogP contribution in [0.25, 0.3) is 0 Å². The number of rotatable bonds is 6. The SMILES string of the molecule is CCCN(CCC)CC1CCC(C#Cc2nc(Br)cnc2N)NC1. The van der Waals surface area contributed by atoms with Crippen molar-refractivity contribution in [2.75, 3.05) is 31.9 Å². The van der Waals surface area contributed by atoms with Gasteiger partial charge in [0.05, 0.1) is 12.2 Å². The van der Waals surface area contributed by atoms with E-state index in [0.717, 1.165) is 18.9 Å². The molecule has 1 fully saturated rings. The highest BCUT2D eigenvalue weighted by molar-refractivity contribution is 9.10. The predicted molar refractivity (Wildman–Crippen MR) is 103 cm³/mol. The molecule has 1 saturated heterocycles. The zero-order valence-electron chi connectivity index (χ0n) is 14.7. The van der Waals surface area contributed by atoms with Crippen LogP contribution in [0.4, 0.5) is 5.82 Å². The van der Waals surface area contributed by atoms with E-state index in [1.165, 1.54) is 38.9 Å². The Morgan fingerprint density at radius 1 is 1.33 bits per heavy atom. The van der Waals surface area contributed by atoms with Gasteiger partial charge in [-0.05, 0) is 66.5 Å². The Bertz CT molecular complexity index is 567. The van der Waals surface area contributed by atoms with Crippen LogP contribution in [0.3, 0.4) is 0 Å². The van der Waals surface area contributed by atoms with Gasteiger partial charge in [-0.15, -0.1) is 0 Å². The van der Waals surface area contributed by atoms with Gasteiger partial charge in [0.25, 0.3) is 0 Å². The maximum atomic E-state index is 5.82. The van der Waals surface area contributed by atoms with Gasteiger partial charge in [0.15, 0.2) is 11.5 Å².